The van der Waals surface area contributed by atoms with Crippen molar-refractivity contribution in [2.45, 2.75) is 32.9 Å². The number of aromatic nitrogens is 2. The van der Waals surface area contributed by atoms with Gasteiger partial charge in [-0.2, -0.15) is 0 Å². The maximum atomic E-state index is 5.72. The Morgan fingerprint density at radius 2 is 2.00 bits per heavy atom. The van der Waals surface area contributed by atoms with Crippen LogP contribution in [0.25, 0.3) is 0 Å². The minimum Gasteiger partial charge on any atom is -0.491 e. The molecule has 0 amide bonds. The van der Waals surface area contributed by atoms with Crippen LogP contribution >= 0.6 is 0 Å². The van der Waals surface area contributed by atoms with E-state index in [0.717, 1.165) is 54.0 Å². The van der Waals surface area contributed by atoms with E-state index in [4.69, 9.17) is 19.2 Å². The van der Waals surface area contributed by atoms with Crippen molar-refractivity contribution in [3.8, 4) is 17.2 Å². The third-order valence-electron chi connectivity index (χ3n) is 4.82. The average Bonchev–Trinajstić information content (AvgIpc) is 3.46. The van der Waals surface area contributed by atoms with Crippen molar-refractivity contribution in [2.75, 3.05) is 25.2 Å². The number of rotatable bonds is 9. The molecule has 3 aromatic rings. The monoisotopic (exact) mass is 435 g/mol. The second kappa shape index (κ2) is 10.6. The highest BCUT2D eigenvalue weighted by atomic mass is 16.7. The summed E-state index contributed by atoms with van der Waals surface area (Å²) in [6, 6.07) is 13.9. The van der Waals surface area contributed by atoms with Crippen LogP contribution in [0.5, 0.6) is 17.2 Å². The molecule has 0 spiro atoms. The van der Waals surface area contributed by atoms with Crippen molar-refractivity contribution in [1.29, 1.82) is 0 Å². The van der Waals surface area contributed by atoms with Crippen molar-refractivity contribution in [2.24, 2.45) is 4.99 Å². The lowest BCUT2D eigenvalue weighted by molar-refractivity contribution is 0.174. The lowest BCUT2D eigenvalue weighted by Crippen LogP contribution is -2.33. The SMILES string of the molecule is CC(C)Oc1ccc(NC(=NCCc2ccc3c(c2)OCO3)NCCn2ccnc2)cc1. The Kier molecular flexibility index (Phi) is 7.12. The number of hydrogen-bond acceptors (Lipinski definition) is 5. The first-order chi connectivity index (χ1) is 15.7. The molecule has 2 heterocycles. The van der Waals surface area contributed by atoms with Crippen LogP contribution in [-0.2, 0) is 13.0 Å². The molecule has 2 N–H and O–H groups in total. The smallest absolute Gasteiger partial charge is 0.231 e. The zero-order valence-electron chi connectivity index (χ0n) is 18.5. The van der Waals surface area contributed by atoms with E-state index < -0.39 is 0 Å². The quantitative estimate of drug-likeness (QED) is 0.394. The summed E-state index contributed by atoms with van der Waals surface area (Å²) in [5.41, 5.74) is 2.10. The van der Waals surface area contributed by atoms with E-state index in [0.29, 0.717) is 6.54 Å². The van der Waals surface area contributed by atoms with E-state index >= 15 is 0 Å². The minimum absolute atomic E-state index is 0.145. The highest BCUT2D eigenvalue weighted by Gasteiger charge is 2.13. The fourth-order valence-corrected chi connectivity index (χ4v) is 3.28. The predicted octanol–water partition coefficient (Wildman–Crippen LogP) is 3.70. The number of imidazole rings is 1. The molecule has 32 heavy (non-hydrogen) atoms. The second-order valence-electron chi connectivity index (χ2n) is 7.71. The molecule has 168 valence electrons. The van der Waals surface area contributed by atoms with Crippen LogP contribution in [0.1, 0.15) is 19.4 Å². The topological polar surface area (TPSA) is 81.9 Å². The molecule has 0 radical (unpaired) electrons. The van der Waals surface area contributed by atoms with Gasteiger partial charge in [0.05, 0.1) is 12.4 Å². The summed E-state index contributed by atoms with van der Waals surface area (Å²) in [6.07, 6.45) is 6.47. The molecule has 0 fully saturated rings. The van der Waals surface area contributed by atoms with E-state index in [1.165, 1.54) is 0 Å². The molecule has 0 saturated heterocycles. The van der Waals surface area contributed by atoms with Gasteiger partial charge in [-0.15, -0.1) is 0 Å². The van der Waals surface area contributed by atoms with Gasteiger partial charge in [-0.1, -0.05) is 6.07 Å². The average molecular weight is 436 g/mol. The molecular formula is C24H29N5O3. The molecule has 1 aliphatic heterocycles. The lowest BCUT2D eigenvalue weighted by atomic mass is 10.1. The second-order valence-corrected chi connectivity index (χ2v) is 7.71. The number of nitrogens with one attached hydrogen (secondary N) is 2. The van der Waals surface area contributed by atoms with Crippen molar-refractivity contribution in [3.05, 3.63) is 66.7 Å². The number of aliphatic imine (C=N–C) groups is 1. The van der Waals surface area contributed by atoms with Crippen molar-refractivity contribution < 1.29 is 14.2 Å². The van der Waals surface area contributed by atoms with E-state index in [-0.39, 0.29) is 12.9 Å². The maximum Gasteiger partial charge on any atom is 0.231 e. The van der Waals surface area contributed by atoms with Crippen LogP contribution in [0.3, 0.4) is 0 Å². The first-order valence-corrected chi connectivity index (χ1v) is 10.8. The zero-order chi connectivity index (χ0) is 22.2. The number of anilines is 1. The Morgan fingerprint density at radius 1 is 1.16 bits per heavy atom. The van der Waals surface area contributed by atoms with Gasteiger partial charge >= 0.3 is 0 Å². The first kappa shape index (κ1) is 21.5. The van der Waals surface area contributed by atoms with Crippen LogP contribution < -0.4 is 24.8 Å². The molecule has 2 aromatic carbocycles. The highest BCUT2D eigenvalue weighted by Crippen LogP contribution is 2.32. The van der Waals surface area contributed by atoms with Gasteiger partial charge in [0, 0.05) is 37.7 Å². The highest BCUT2D eigenvalue weighted by molar-refractivity contribution is 5.93. The van der Waals surface area contributed by atoms with Gasteiger partial charge in [0.15, 0.2) is 17.5 Å². The normalized spacial score (nSPS) is 12.8. The molecule has 4 rings (SSSR count). The van der Waals surface area contributed by atoms with Gasteiger partial charge in [0.25, 0.3) is 0 Å². The molecule has 0 bridgehead atoms. The van der Waals surface area contributed by atoms with E-state index in [2.05, 4.69) is 21.7 Å². The fraction of sp³-hybridized carbons (Fsp3) is 0.333. The van der Waals surface area contributed by atoms with Crippen LogP contribution in [0.2, 0.25) is 0 Å². The summed E-state index contributed by atoms with van der Waals surface area (Å²) in [6.45, 7) is 6.47. The summed E-state index contributed by atoms with van der Waals surface area (Å²) in [4.78, 5) is 8.85. The van der Waals surface area contributed by atoms with Gasteiger partial charge in [0.1, 0.15) is 5.75 Å². The Bertz CT molecular complexity index is 1020. The van der Waals surface area contributed by atoms with E-state index in [1.54, 1.807) is 12.5 Å². The molecular weight excluding hydrogens is 406 g/mol. The summed E-state index contributed by atoms with van der Waals surface area (Å²) in [7, 11) is 0. The lowest BCUT2D eigenvalue weighted by Gasteiger charge is -2.14. The third kappa shape index (κ3) is 6.16. The van der Waals surface area contributed by atoms with Gasteiger partial charge in [-0.25, -0.2) is 4.98 Å². The molecule has 1 aromatic heterocycles. The molecule has 0 unspecified atom stereocenters. The molecule has 1 aliphatic rings. The van der Waals surface area contributed by atoms with Gasteiger partial charge in [-0.3, -0.25) is 4.99 Å². The molecule has 8 heteroatoms. The van der Waals surface area contributed by atoms with Crippen molar-refractivity contribution >= 4 is 11.6 Å². The summed E-state index contributed by atoms with van der Waals surface area (Å²) >= 11 is 0. The minimum atomic E-state index is 0.145. The summed E-state index contributed by atoms with van der Waals surface area (Å²) < 4.78 is 18.6. The summed E-state index contributed by atoms with van der Waals surface area (Å²) in [5, 5.41) is 6.78. The maximum absolute atomic E-state index is 5.72. The fourth-order valence-electron chi connectivity index (χ4n) is 3.28. The Labute approximate surface area is 188 Å². The number of nitrogens with zero attached hydrogens (tertiary/aromatic N) is 3. The predicted molar refractivity (Wildman–Crippen MR) is 125 cm³/mol. The number of guanidine groups is 1. The first-order valence-electron chi connectivity index (χ1n) is 10.8. The van der Waals surface area contributed by atoms with Crippen molar-refractivity contribution in [1.82, 2.24) is 14.9 Å². The Morgan fingerprint density at radius 3 is 2.78 bits per heavy atom. The van der Waals surface area contributed by atoms with Crippen LogP contribution in [0.15, 0.2) is 66.2 Å². The van der Waals surface area contributed by atoms with Gasteiger partial charge in [-0.05, 0) is 62.2 Å². The number of benzene rings is 2. The number of hydrogen-bond donors (Lipinski definition) is 2. The molecule has 8 nitrogen and oxygen atoms in total. The van der Waals surface area contributed by atoms with Gasteiger partial charge in [0.2, 0.25) is 6.79 Å². The molecule has 0 aliphatic carbocycles. The van der Waals surface area contributed by atoms with Crippen molar-refractivity contribution in [3.63, 3.8) is 0 Å². The molecule has 0 saturated carbocycles. The standard InChI is InChI=1S/C24H29N5O3/c1-18(2)32-21-6-4-20(5-7-21)28-24(27-12-14-29-13-11-25-16-29)26-10-9-19-3-8-22-23(15-19)31-17-30-22/h3-8,11,13,15-16,18H,9-10,12,14,17H2,1-2H3,(H2,26,27,28). The Hall–Kier alpha value is -3.68. The largest absolute Gasteiger partial charge is 0.491 e. The van der Waals surface area contributed by atoms with Crippen LogP contribution in [-0.4, -0.2) is 41.5 Å². The van der Waals surface area contributed by atoms with Crippen LogP contribution in [0, 0.1) is 0 Å². The number of fused-ring (bicyclic) bond motifs is 1. The van der Waals surface area contributed by atoms with E-state index in [1.807, 2.05) is 61.0 Å². The Balaban J connectivity index is 1.37. The number of ether oxygens (including phenoxy) is 3. The zero-order valence-corrected chi connectivity index (χ0v) is 18.5. The van der Waals surface area contributed by atoms with Crippen LogP contribution in [0.4, 0.5) is 5.69 Å². The van der Waals surface area contributed by atoms with E-state index in [9.17, 15) is 0 Å². The summed E-state index contributed by atoms with van der Waals surface area (Å²) in [5.74, 6) is 3.17. The third-order valence-corrected chi connectivity index (χ3v) is 4.82. The molecule has 0 atom stereocenters. The van der Waals surface area contributed by atoms with Gasteiger partial charge < -0.3 is 29.4 Å².